The Balaban J connectivity index is 2.26. The molecule has 0 fully saturated rings. The Morgan fingerprint density at radius 2 is 1.80 bits per heavy atom. The summed E-state index contributed by atoms with van der Waals surface area (Å²) >= 11 is 5.74. The molecule has 4 N–H and O–H groups in total. The van der Waals surface area contributed by atoms with E-state index >= 15 is 0 Å². The van der Waals surface area contributed by atoms with Gasteiger partial charge < -0.3 is 16.2 Å². The topological polar surface area (TPSA) is 139 Å². The van der Waals surface area contributed by atoms with E-state index in [1.165, 1.54) is 32.3 Å². The van der Waals surface area contributed by atoms with Crippen molar-refractivity contribution in [2.24, 2.45) is 14.1 Å². The number of aromatic nitrogens is 2. The van der Waals surface area contributed by atoms with Gasteiger partial charge in [-0.15, -0.1) is 0 Å². The first kappa shape index (κ1) is 18.3. The van der Waals surface area contributed by atoms with Crippen LogP contribution in [0.25, 0.3) is 0 Å². The van der Waals surface area contributed by atoms with Crippen molar-refractivity contribution < 1.29 is 14.3 Å². The molecule has 0 radical (unpaired) electrons. The number of esters is 1. The summed E-state index contributed by atoms with van der Waals surface area (Å²) in [7, 11) is 2.52. The number of benzene rings is 1. The molecule has 1 aromatic carbocycles. The maximum absolute atomic E-state index is 12.2. The van der Waals surface area contributed by atoms with Gasteiger partial charge in [-0.1, -0.05) is 11.6 Å². The van der Waals surface area contributed by atoms with Gasteiger partial charge >= 0.3 is 11.7 Å². The fourth-order valence-corrected chi connectivity index (χ4v) is 2.30. The number of ketones is 1. The third-order valence-corrected chi connectivity index (χ3v) is 3.79. The van der Waals surface area contributed by atoms with Crippen molar-refractivity contribution in [3.05, 3.63) is 55.2 Å². The third-order valence-electron chi connectivity index (χ3n) is 3.56. The molecule has 2 rings (SSSR count). The van der Waals surface area contributed by atoms with Gasteiger partial charge in [-0.3, -0.25) is 18.7 Å². The number of nitrogen functional groups attached to an aromatic ring is 2. The minimum Gasteiger partial charge on any atom is -0.454 e. The third kappa shape index (κ3) is 3.41. The number of carbonyl (C=O) groups excluding carboxylic acids is 2. The van der Waals surface area contributed by atoms with Crippen LogP contribution in [-0.2, 0) is 18.8 Å². The van der Waals surface area contributed by atoms with Crippen molar-refractivity contribution in [1.82, 2.24) is 9.13 Å². The van der Waals surface area contributed by atoms with Gasteiger partial charge in [-0.05, 0) is 18.2 Å². The predicted octanol–water partition coefficient (Wildman–Crippen LogP) is -0.0585. The number of nitrogens with two attached hydrogens (primary N) is 2. The van der Waals surface area contributed by atoms with Crippen LogP contribution in [-0.4, -0.2) is 27.5 Å². The van der Waals surface area contributed by atoms with E-state index in [2.05, 4.69) is 0 Å². The molecule has 2 aromatic rings. The SMILES string of the molecule is Cn1c(N)c(C(=O)COC(=O)c2ccc(Cl)cc2N)c(=O)n(C)c1=O. The molecule has 0 amide bonds. The molecule has 0 spiro atoms. The largest absolute Gasteiger partial charge is 0.454 e. The van der Waals surface area contributed by atoms with Gasteiger partial charge in [0.25, 0.3) is 5.56 Å². The van der Waals surface area contributed by atoms with Crippen LogP contribution in [0.1, 0.15) is 20.7 Å². The van der Waals surface area contributed by atoms with Crippen molar-refractivity contribution in [3.8, 4) is 0 Å². The van der Waals surface area contributed by atoms with Gasteiger partial charge in [0, 0.05) is 24.8 Å². The lowest BCUT2D eigenvalue weighted by Crippen LogP contribution is -2.42. The fraction of sp³-hybridized carbons (Fsp3) is 0.200. The van der Waals surface area contributed by atoms with E-state index < -0.39 is 35.2 Å². The Bertz CT molecular complexity index is 993. The summed E-state index contributed by atoms with van der Waals surface area (Å²) in [5.41, 5.74) is 9.47. The number of rotatable bonds is 4. The molecule has 132 valence electrons. The van der Waals surface area contributed by atoms with Crippen LogP contribution in [0, 0.1) is 0 Å². The lowest BCUT2D eigenvalue weighted by molar-refractivity contribution is 0.0475. The molecule has 0 aliphatic carbocycles. The first-order valence-electron chi connectivity index (χ1n) is 6.96. The molecule has 0 aliphatic heterocycles. The van der Waals surface area contributed by atoms with Crippen molar-refractivity contribution >= 4 is 34.9 Å². The highest BCUT2D eigenvalue weighted by molar-refractivity contribution is 6.31. The first-order chi connectivity index (χ1) is 11.6. The van der Waals surface area contributed by atoms with Crippen LogP contribution in [0.2, 0.25) is 5.02 Å². The summed E-state index contributed by atoms with van der Waals surface area (Å²) in [6, 6.07) is 4.15. The lowest BCUT2D eigenvalue weighted by Gasteiger charge is -2.11. The highest BCUT2D eigenvalue weighted by Gasteiger charge is 2.22. The number of ether oxygens (including phenoxy) is 1. The minimum absolute atomic E-state index is 0.0264. The number of nitrogens with zero attached hydrogens (tertiary/aromatic N) is 2. The van der Waals surface area contributed by atoms with Gasteiger partial charge in [0.15, 0.2) is 6.61 Å². The summed E-state index contributed by atoms with van der Waals surface area (Å²) in [5, 5.41) is 0.339. The second kappa shape index (κ2) is 6.81. The Morgan fingerprint density at radius 3 is 2.40 bits per heavy atom. The molecular formula is C15H15ClN4O5. The quantitative estimate of drug-likeness (QED) is 0.439. The van der Waals surface area contributed by atoms with E-state index in [4.69, 9.17) is 27.8 Å². The molecule has 10 heteroatoms. The number of anilines is 2. The maximum atomic E-state index is 12.2. The van der Waals surface area contributed by atoms with Gasteiger partial charge in [-0.2, -0.15) is 0 Å². The monoisotopic (exact) mass is 366 g/mol. The van der Waals surface area contributed by atoms with Gasteiger partial charge in [0.2, 0.25) is 5.78 Å². The predicted molar refractivity (Wildman–Crippen MR) is 91.8 cm³/mol. The average Bonchev–Trinajstić information content (AvgIpc) is 2.56. The fourth-order valence-electron chi connectivity index (χ4n) is 2.12. The van der Waals surface area contributed by atoms with Crippen LogP contribution in [0.5, 0.6) is 0 Å². The molecule has 1 heterocycles. The van der Waals surface area contributed by atoms with Crippen LogP contribution in [0.15, 0.2) is 27.8 Å². The Morgan fingerprint density at radius 1 is 1.16 bits per heavy atom. The molecule has 9 nitrogen and oxygen atoms in total. The number of carbonyl (C=O) groups is 2. The number of Topliss-reactive ketones (excluding diaryl/α,β-unsaturated/α-hetero) is 1. The van der Waals surface area contributed by atoms with Crippen LogP contribution in [0.3, 0.4) is 0 Å². The Hall–Kier alpha value is -3.07. The molecule has 0 bridgehead atoms. The van der Waals surface area contributed by atoms with Crippen LogP contribution >= 0.6 is 11.6 Å². The van der Waals surface area contributed by atoms with Crippen molar-refractivity contribution in [2.45, 2.75) is 0 Å². The zero-order valence-corrected chi connectivity index (χ0v) is 14.2. The van der Waals surface area contributed by atoms with E-state index in [1.54, 1.807) is 0 Å². The summed E-state index contributed by atoms with van der Waals surface area (Å²) in [5.74, 6) is -2.00. The van der Waals surface area contributed by atoms with Gasteiger partial charge in [0.1, 0.15) is 11.4 Å². The molecule has 0 aliphatic rings. The molecule has 25 heavy (non-hydrogen) atoms. The summed E-state index contributed by atoms with van der Waals surface area (Å²) < 4.78 is 6.57. The van der Waals surface area contributed by atoms with E-state index in [-0.39, 0.29) is 17.1 Å². The smallest absolute Gasteiger partial charge is 0.340 e. The Labute approximate surface area is 146 Å². The molecule has 0 saturated heterocycles. The second-order valence-corrected chi connectivity index (χ2v) is 5.63. The summed E-state index contributed by atoms with van der Waals surface area (Å²) in [6.07, 6.45) is 0. The summed E-state index contributed by atoms with van der Waals surface area (Å²) in [4.78, 5) is 48.1. The molecule has 1 aromatic heterocycles. The minimum atomic E-state index is -0.868. The van der Waals surface area contributed by atoms with Gasteiger partial charge in [0.05, 0.1) is 5.56 Å². The highest BCUT2D eigenvalue weighted by Crippen LogP contribution is 2.19. The maximum Gasteiger partial charge on any atom is 0.340 e. The number of hydrogen-bond donors (Lipinski definition) is 2. The van der Waals surface area contributed by atoms with Crippen molar-refractivity contribution in [3.63, 3.8) is 0 Å². The number of halogens is 1. The van der Waals surface area contributed by atoms with Crippen LogP contribution < -0.4 is 22.7 Å². The molecule has 0 saturated carbocycles. The average molecular weight is 367 g/mol. The highest BCUT2D eigenvalue weighted by atomic mass is 35.5. The van der Waals surface area contributed by atoms with Crippen molar-refractivity contribution in [2.75, 3.05) is 18.1 Å². The molecule has 0 atom stereocenters. The van der Waals surface area contributed by atoms with E-state index in [0.717, 1.165) is 9.13 Å². The van der Waals surface area contributed by atoms with Gasteiger partial charge in [-0.25, -0.2) is 9.59 Å². The Kier molecular flexibility index (Phi) is 4.98. The van der Waals surface area contributed by atoms with E-state index in [9.17, 15) is 19.2 Å². The molecule has 0 unspecified atom stereocenters. The van der Waals surface area contributed by atoms with E-state index in [0.29, 0.717) is 5.02 Å². The molecular weight excluding hydrogens is 352 g/mol. The van der Waals surface area contributed by atoms with Crippen molar-refractivity contribution in [1.29, 1.82) is 0 Å². The lowest BCUT2D eigenvalue weighted by atomic mass is 10.2. The second-order valence-electron chi connectivity index (χ2n) is 5.20. The van der Waals surface area contributed by atoms with E-state index in [1.807, 2.05) is 0 Å². The van der Waals surface area contributed by atoms with Crippen LogP contribution in [0.4, 0.5) is 11.5 Å². The first-order valence-corrected chi connectivity index (χ1v) is 7.33. The summed E-state index contributed by atoms with van der Waals surface area (Å²) in [6.45, 7) is -0.738. The number of hydrogen-bond acceptors (Lipinski definition) is 7. The normalized spacial score (nSPS) is 10.5. The zero-order chi connectivity index (χ0) is 18.9. The zero-order valence-electron chi connectivity index (χ0n) is 13.4. The standard InChI is InChI=1S/C15H15ClN4O5/c1-19-12(18)11(13(22)20(2)15(19)24)10(21)6-25-14(23)8-4-3-7(16)5-9(8)17/h3-5H,6,17-18H2,1-2H3.